The number of hydrogen-bond donors (Lipinski definition) is 0. The number of carbonyl (C=O) groups is 1. The quantitative estimate of drug-likeness (QED) is 0.750. The normalized spacial score (nSPS) is 20.8. The van der Waals surface area contributed by atoms with Crippen molar-refractivity contribution in [2.24, 2.45) is 13.0 Å². The van der Waals surface area contributed by atoms with Gasteiger partial charge in [0.15, 0.2) is 11.5 Å². The van der Waals surface area contributed by atoms with Gasteiger partial charge in [0.1, 0.15) is 0 Å². The number of benzene rings is 1. The molecule has 1 saturated heterocycles. The number of hydrogen-bond acceptors (Lipinski definition) is 6. The Balaban J connectivity index is 1.17. The molecule has 3 heterocycles. The van der Waals surface area contributed by atoms with Crippen LogP contribution < -0.4 is 15.0 Å². The third-order valence-corrected chi connectivity index (χ3v) is 6.33. The van der Waals surface area contributed by atoms with Crippen molar-refractivity contribution in [1.29, 1.82) is 0 Å². The first-order valence-electron chi connectivity index (χ1n) is 10.5. The predicted molar refractivity (Wildman–Crippen MR) is 109 cm³/mol. The molecule has 0 radical (unpaired) electrons. The molecule has 1 atom stereocenters. The highest BCUT2D eigenvalue weighted by atomic mass is 16.7. The van der Waals surface area contributed by atoms with Crippen LogP contribution in [-0.2, 0) is 31.2 Å². The van der Waals surface area contributed by atoms with Gasteiger partial charge in [0.25, 0.3) is 5.56 Å². The molecule has 0 N–H and O–H groups in total. The Kier molecular flexibility index (Phi) is 4.94. The summed E-state index contributed by atoms with van der Waals surface area (Å²) in [6, 6.07) is 7.71. The zero-order valence-electron chi connectivity index (χ0n) is 17.2. The van der Waals surface area contributed by atoms with Crippen molar-refractivity contribution < 1.29 is 14.3 Å². The maximum atomic E-state index is 13.1. The zero-order valence-corrected chi connectivity index (χ0v) is 17.2. The van der Waals surface area contributed by atoms with E-state index in [1.807, 2.05) is 17.0 Å². The van der Waals surface area contributed by atoms with Crippen LogP contribution >= 0.6 is 0 Å². The predicted octanol–water partition coefficient (Wildman–Crippen LogP) is 0.958. The van der Waals surface area contributed by atoms with Gasteiger partial charge in [0.2, 0.25) is 12.7 Å². The second-order valence-corrected chi connectivity index (χ2v) is 8.31. The van der Waals surface area contributed by atoms with Crippen molar-refractivity contribution in [3.05, 3.63) is 51.4 Å². The SMILES string of the molecule is Cn1nc2c(cc1=O)C[C@@H](C(=O)N1CCN(Cc3ccc4c(c3)OCO4)CC1)CC2. The van der Waals surface area contributed by atoms with Crippen molar-refractivity contribution in [2.75, 3.05) is 33.0 Å². The lowest BCUT2D eigenvalue weighted by Gasteiger charge is -2.37. The number of carbonyl (C=O) groups excluding carboxylic acids is 1. The van der Waals surface area contributed by atoms with Crippen LogP contribution in [0.4, 0.5) is 0 Å². The first-order chi connectivity index (χ1) is 14.6. The second-order valence-electron chi connectivity index (χ2n) is 8.31. The summed E-state index contributed by atoms with van der Waals surface area (Å²) in [6.07, 6.45) is 2.17. The summed E-state index contributed by atoms with van der Waals surface area (Å²) in [4.78, 5) is 29.3. The largest absolute Gasteiger partial charge is 0.454 e. The first-order valence-corrected chi connectivity index (χ1v) is 10.5. The van der Waals surface area contributed by atoms with E-state index in [9.17, 15) is 9.59 Å². The molecule has 3 aliphatic rings. The highest BCUT2D eigenvalue weighted by molar-refractivity contribution is 5.79. The summed E-state index contributed by atoms with van der Waals surface area (Å²) in [7, 11) is 1.67. The van der Waals surface area contributed by atoms with Crippen molar-refractivity contribution in [3.8, 4) is 11.5 Å². The molecular formula is C22H26N4O4. The van der Waals surface area contributed by atoms with Gasteiger partial charge in [-0.25, -0.2) is 4.68 Å². The van der Waals surface area contributed by atoms with Gasteiger partial charge in [0, 0.05) is 51.8 Å². The summed E-state index contributed by atoms with van der Waals surface area (Å²) in [5.74, 6) is 1.77. The summed E-state index contributed by atoms with van der Waals surface area (Å²) in [5.41, 5.74) is 2.97. The van der Waals surface area contributed by atoms with Crippen molar-refractivity contribution in [2.45, 2.75) is 25.8 Å². The molecule has 158 valence electrons. The number of amides is 1. The fraction of sp³-hybridized carbons (Fsp3) is 0.500. The first kappa shape index (κ1) is 19.1. The molecule has 1 aliphatic carbocycles. The summed E-state index contributed by atoms with van der Waals surface area (Å²) in [5, 5.41) is 4.35. The molecule has 1 fully saturated rings. The fourth-order valence-corrected chi connectivity index (χ4v) is 4.58. The Morgan fingerprint density at radius 2 is 1.93 bits per heavy atom. The van der Waals surface area contributed by atoms with Crippen LogP contribution in [-0.4, -0.2) is 58.5 Å². The molecule has 1 aromatic carbocycles. The molecule has 1 amide bonds. The highest BCUT2D eigenvalue weighted by Gasteiger charge is 2.31. The number of aryl methyl sites for hydroxylation is 2. The third kappa shape index (κ3) is 3.67. The van der Waals surface area contributed by atoms with Crippen molar-refractivity contribution >= 4 is 5.91 Å². The smallest absolute Gasteiger partial charge is 0.266 e. The van der Waals surface area contributed by atoms with E-state index in [-0.39, 0.29) is 24.2 Å². The average molecular weight is 410 g/mol. The maximum absolute atomic E-state index is 13.1. The van der Waals surface area contributed by atoms with E-state index in [1.165, 1.54) is 10.2 Å². The molecule has 1 aromatic heterocycles. The monoisotopic (exact) mass is 410 g/mol. The molecule has 0 saturated carbocycles. The highest BCUT2D eigenvalue weighted by Crippen LogP contribution is 2.33. The number of aromatic nitrogens is 2. The van der Waals surface area contributed by atoms with E-state index in [4.69, 9.17) is 9.47 Å². The lowest BCUT2D eigenvalue weighted by atomic mass is 9.86. The van der Waals surface area contributed by atoms with Gasteiger partial charge in [-0.05, 0) is 42.5 Å². The number of rotatable bonds is 3. The minimum absolute atomic E-state index is 0.0492. The van der Waals surface area contributed by atoms with Crippen molar-refractivity contribution in [1.82, 2.24) is 19.6 Å². The Hall–Kier alpha value is -2.87. The molecule has 0 spiro atoms. The molecule has 30 heavy (non-hydrogen) atoms. The van der Waals surface area contributed by atoms with Gasteiger partial charge in [-0.15, -0.1) is 0 Å². The van der Waals surface area contributed by atoms with Crippen LogP contribution in [0.1, 0.15) is 23.2 Å². The molecule has 2 aromatic rings. The minimum Gasteiger partial charge on any atom is -0.454 e. The molecule has 8 nitrogen and oxygen atoms in total. The minimum atomic E-state index is -0.112. The number of nitrogens with zero attached hydrogens (tertiary/aromatic N) is 4. The third-order valence-electron chi connectivity index (χ3n) is 6.33. The van der Waals surface area contributed by atoms with Crippen LogP contribution in [0.15, 0.2) is 29.1 Å². The molecule has 5 rings (SSSR count). The van der Waals surface area contributed by atoms with Gasteiger partial charge < -0.3 is 14.4 Å². The van der Waals surface area contributed by atoms with Crippen LogP contribution in [0, 0.1) is 5.92 Å². The fourth-order valence-electron chi connectivity index (χ4n) is 4.58. The van der Waals surface area contributed by atoms with Gasteiger partial charge >= 0.3 is 0 Å². The maximum Gasteiger partial charge on any atom is 0.266 e. The Morgan fingerprint density at radius 3 is 2.77 bits per heavy atom. The van der Waals surface area contributed by atoms with Crippen LogP contribution in [0.2, 0.25) is 0 Å². The lowest BCUT2D eigenvalue weighted by molar-refractivity contribution is -0.137. The summed E-state index contributed by atoms with van der Waals surface area (Å²) >= 11 is 0. The Labute approximate surface area is 175 Å². The average Bonchev–Trinajstić information content (AvgIpc) is 3.22. The van der Waals surface area contributed by atoms with Gasteiger partial charge in [-0.2, -0.15) is 5.10 Å². The van der Waals surface area contributed by atoms with Crippen LogP contribution in [0.3, 0.4) is 0 Å². The van der Waals surface area contributed by atoms with E-state index in [0.717, 1.165) is 68.3 Å². The van der Waals surface area contributed by atoms with E-state index in [1.54, 1.807) is 13.1 Å². The van der Waals surface area contributed by atoms with Crippen molar-refractivity contribution in [3.63, 3.8) is 0 Å². The lowest BCUT2D eigenvalue weighted by Crippen LogP contribution is -2.50. The van der Waals surface area contributed by atoms with Crippen LogP contribution in [0.25, 0.3) is 0 Å². The number of ether oxygens (including phenoxy) is 2. The summed E-state index contributed by atoms with van der Waals surface area (Å²) in [6.45, 7) is 4.31. The van der Waals surface area contributed by atoms with Gasteiger partial charge in [0.05, 0.1) is 5.69 Å². The van der Waals surface area contributed by atoms with Crippen LogP contribution in [0.5, 0.6) is 11.5 Å². The molecule has 8 heteroatoms. The molecule has 0 unspecified atom stereocenters. The summed E-state index contributed by atoms with van der Waals surface area (Å²) < 4.78 is 12.2. The van der Waals surface area contributed by atoms with E-state index in [0.29, 0.717) is 6.42 Å². The molecule has 2 aliphatic heterocycles. The number of fused-ring (bicyclic) bond motifs is 2. The van der Waals surface area contributed by atoms with E-state index < -0.39 is 0 Å². The Morgan fingerprint density at radius 1 is 1.13 bits per heavy atom. The zero-order chi connectivity index (χ0) is 20.7. The Bertz CT molecular complexity index is 1030. The number of piperazine rings is 1. The van der Waals surface area contributed by atoms with Gasteiger partial charge in [-0.1, -0.05) is 6.07 Å². The topological polar surface area (TPSA) is 76.9 Å². The van der Waals surface area contributed by atoms with E-state index in [2.05, 4.69) is 16.1 Å². The second kappa shape index (κ2) is 7.75. The standard InChI is InChI=1S/C22H26N4O4/c1-24-21(27)12-17-11-16(3-4-18(17)23-24)22(28)26-8-6-25(7-9-26)13-15-2-5-19-20(10-15)30-14-29-19/h2,5,10,12,16H,3-4,6-9,11,13-14H2,1H3/t16-/m0/s1. The molecule has 0 bridgehead atoms. The van der Waals surface area contributed by atoms with E-state index >= 15 is 0 Å². The van der Waals surface area contributed by atoms with Gasteiger partial charge in [-0.3, -0.25) is 14.5 Å². The molecular weight excluding hydrogens is 384 g/mol.